The molecule has 2 N–H and O–H groups in total. The van der Waals surface area contributed by atoms with Crippen molar-refractivity contribution in [3.8, 4) is 0 Å². The summed E-state index contributed by atoms with van der Waals surface area (Å²) in [7, 11) is 0. The first-order valence-electron chi connectivity index (χ1n) is 5.87. The first-order chi connectivity index (χ1) is 8.63. The molecule has 0 atom stereocenters. The number of carbonyl (C=O) groups excluding carboxylic acids is 1. The summed E-state index contributed by atoms with van der Waals surface area (Å²) in [5, 5.41) is 13.3. The van der Waals surface area contributed by atoms with E-state index >= 15 is 0 Å². The van der Waals surface area contributed by atoms with Gasteiger partial charge in [0.1, 0.15) is 0 Å². The third-order valence-electron chi connectivity index (χ3n) is 2.39. The van der Waals surface area contributed by atoms with Gasteiger partial charge in [-0.05, 0) is 29.5 Å². The fourth-order valence-corrected chi connectivity index (χ4v) is 2.21. The molecule has 0 fully saturated rings. The molecule has 1 amide bonds. The maximum atomic E-state index is 11.5. The van der Waals surface area contributed by atoms with Crippen LogP contribution in [0.3, 0.4) is 0 Å². The molecule has 0 aromatic carbocycles. The van der Waals surface area contributed by atoms with Gasteiger partial charge in [0.2, 0.25) is 5.91 Å². The van der Waals surface area contributed by atoms with Gasteiger partial charge in [0.15, 0.2) is 0 Å². The Bertz CT molecular complexity index is 437. The van der Waals surface area contributed by atoms with Crippen LogP contribution >= 0.6 is 11.3 Å². The average molecular weight is 267 g/mol. The van der Waals surface area contributed by atoms with Gasteiger partial charge in [-0.2, -0.15) is 0 Å². The molecular weight excluding hydrogens is 250 g/mol. The fourth-order valence-electron chi connectivity index (χ4n) is 1.41. The minimum Gasteiger partial charge on any atom is -0.478 e. The van der Waals surface area contributed by atoms with Crippen LogP contribution in [0.4, 0.5) is 0 Å². The van der Waals surface area contributed by atoms with Gasteiger partial charge in [0, 0.05) is 17.4 Å². The molecule has 0 radical (unpaired) electrons. The Hall–Kier alpha value is -1.62. The van der Waals surface area contributed by atoms with Crippen LogP contribution in [0.2, 0.25) is 0 Å². The van der Waals surface area contributed by atoms with Crippen molar-refractivity contribution in [1.29, 1.82) is 0 Å². The van der Waals surface area contributed by atoms with Gasteiger partial charge >= 0.3 is 5.97 Å². The maximum Gasteiger partial charge on any atom is 0.328 e. The summed E-state index contributed by atoms with van der Waals surface area (Å²) in [6.45, 7) is 2.50. The average Bonchev–Trinajstić information content (AvgIpc) is 2.78. The van der Waals surface area contributed by atoms with Gasteiger partial charge in [0.25, 0.3) is 0 Å². The van der Waals surface area contributed by atoms with E-state index in [9.17, 15) is 9.59 Å². The van der Waals surface area contributed by atoms with Crippen LogP contribution in [0.1, 0.15) is 36.6 Å². The second-order valence-electron chi connectivity index (χ2n) is 3.85. The number of rotatable bonds is 7. The largest absolute Gasteiger partial charge is 0.478 e. The molecule has 1 heterocycles. The lowest BCUT2D eigenvalue weighted by molar-refractivity contribution is -0.131. The highest BCUT2D eigenvalue weighted by Crippen LogP contribution is 2.18. The number of thiophene rings is 1. The maximum absolute atomic E-state index is 11.5. The van der Waals surface area contributed by atoms with E-state index in [1.54, 1.807) is 6.08 Å². The predicted molar refractivity (Wildman–Crippen MR) is 72.4 cm³/mol. The Morgan fingerprint density at radius 2 is 2.28 bits per heavy atom. The van der Waals surface area contributed by atoms with Crippen LogP contribution in [0, 0.1) is 0 Å². The predicted octanol–water partition coefficient (Wildman–Crippen LogP) is 2.65. The molecule has 5 heteroatoms. The Kier molecular flexibility index (Phi) is 6.14. The smallest absolute Gasteiger partial charge is 0.328 e. The lowest BCUT2D eigenvalue weighted by Crippen LogP contribution is -2.22. The second-order valence-corrected chi connectivity index (χ2v) is 4.85. The van der Waals surface area contributed by atoms with Crippen LogP contribution < -0.4 is 5.32 Å². The van der Waals surface area contributed by atoms with Crippen LogP contribution in [0.15, 0.2) is 17.5 Å². The summed E-state index contributed by atoms with van der Waals surface area (Å²) in [5.74, 6) is -0.933. The zero-order chi connectivity index (χ0) is 13.4. The number of carboxylic acids is 1. The molecule has 0 spiro atoms. The molecule has 1 aromatic heterocycles. The number of amides is 1. The molecule has 1 rings (SSSR count). The molecule has 0 saturated carbocycles. The Balaban J connectivity index is 2.50. The van der Waals surface area contributed by atoms with E-state index in [0.29, 0.717) is 13.0 Å². The summed E-state index contributed by atoms with van der Waals surface area (Å²) in [6, 6.07) is 1.84. The summed E-state index contributed by atoms with van der Waals surface area (Å²) in [6.07, 6.45) is 5.08. The third-order valence-corrected chi connectivity index (χ3v) is 3.33. The first-order valence-corrected chi connectivity index (χ1v) is 6.75. The molecule has 0 aliphatic carbocycles. The van der Waals surface area contributed by atoms with Gasteiger partial charge in [-0.15, -0.1) is 11.3 Å². The number of unbranched alkanes of at least 4 members (excludes halogenated alkanes) is 1. The van der Waals surface area contributed by atoms with Crippen molar-refractivity contribution in [3.05, 3.63) is 28.0 Å². The van der Waals surface area contributed by atoms with Crippen molar-refractivity contribution in [2.75, 3.05) is 0 Å². The molecule has 1 aromatic rings. The highest BCUT2D eigenvalue weighted by atomic mass is 32.1. The monoisotopic (exact) mass is 267 g/mol. The Morgan fingerprint density at radius 3 is 2.94 bits per heavy atom. The number of aliphatic carboxylic acids is 1. The van der Waals surface area contributed by atoms with E-state index in [-0.39, 0.29) is 5.91 Å². The van der Waals surface area contributed by atoms with E-state index < -0.39 is 5.97 Å². The second kappa shape index (κ2) is 7.66. The molecule has 0 saturated heterocycles. The molecule has 98 valence electrons. The number of carboxylic acid groups (broad SMARTS) is 1. The standard InChI is InChI=1S/C13H17NO3S/c1-2-3-4-12(15)14-9-11-10(7-8-18-11)5-6-13(16)17/h5-8H,2-4,9H2,1H3,(H,14,15)(H,16,17). The summed E-state index contributed by atoms with van der Waals surface area (Å²) in [5.41, 5.74) is 0.846. The number of nitrogens with one attached hydrogen (secondary N) is 1. The molecule has 0 unspecified atom stereocenters. The first kappa shape index (κ1) is 14.4. The van der Waals surface area contributed by atoms with Gasteiger partial charge in [-0.1, -0.05) is 13.3 Å². The van der Waals surface area contributed by atoms with Crippen LogP contribution in [-0.4, -0.2) is 17.0 Å². The molecular formula is C13H17NO3S. The lowest BCUT2D eigenvalue weighted by atomic mass is 10.2. The van der Waals surface area contributed by atoms with E-state index in [4.69, 9.17) is 5.11 Å². The highest BCUT2D eigenvalue weighted by Gasteiger charge is 2.04. The zero-order valence-corrected chi connectivity index (χ0v) is 11.1. The van der Waals surface area contributed by atoms with E-state index in [0.717, 1.165) is 29.4 Å². The molecule has 0 aliphatic heterocycles. The van der Waals surface area contributed by atoms with Crippen LogP contribution in [0.5, 0.6) is 0 Å². The van der Waals surface area contributed by atoms with Crippen molar-refractivity contribution in [1.82, 2.24) is 5.32 Å². The van der Waals surface area contributed by atoms with Gasteiger partial charge in [-0.3, -0.25) is 4.79 Å². The zero-order valence-electron chi connectivity index (χ0n) is 10.3. The quantitative estimate of drug-likeness (QED) is 0.746. The van der Waals surface area contributed by atoms with Crippen molar-refractivity contribution < 1.29 is 14.7 Å². The minimum atomic E-state index is -0.973. The number of hydrogen-bond acceptors (Lipinski definition) is 3. The Labute approximate surface area is 110 Å². The Morgan fingerprint density at radius 1 is 1.50 bits per heavy atom. The summed E-state index contributed by atoms with van der Waals surface area (Å²) < 4.78 is 0. The molecule has 18 heavy (non-hydrogen) atoms. The third kappa shape index (κ3) is 5.14. The highest BCUT2D eigenvalue weighted by molar-refractivity contribution is 7.10. The van der Waals surface area contributed by atoms with E-state index in [1.165, 1.54) is 11.3 Å². The SMILES string of the molecule is CCCCC(=O)NCc1sccc1C=CC(=O)O. The van der Waals surface area contributed by atoms with Crippen molar-refractivity contribution in [2.45, 2.75) is 32.7 Å². The van der Waals surface area contributed by atoms with Crippen molar-refractivity contribution in [2.24, 2.45) is 0 Å². The summed E-state index contributed by atoms with van der Waals surface area (Å²) >= 11 is 1.51. The molecule has 4 nitrogen and oxygen atoms in total. The van der Waals surface area contributed by atoms with Crippen LogP contribution in [-0.2, 0) is 16.1 Å². The number of hydrogen-bond donors (Lipinski definition) is 2. The lowest BCUT2D eigenvalue weighted by Gasteiger charge is -2.04. The normalized spacial score (nSPS) is 10.7. The fraction of sp³-hybridized carbons (Fsp3) is 0.385. The number of carbonyl (C=O) groups is 2. The molecule has 0 aliphatic rings. The van der Waals surface area contributed by atoms with Crippen LogP contribution in [0.25, 0.3) is 6.08 Å². The summed E-state index contributed by atoms with van der Waals surface area (Å²) in [4.78, 5) is 22.9. The van der Waals surface area contributed by atoms with Crippen molar-refractivity contribution in [3.63, 3.8) is 0 Å². The van der Waals surface area contributed by atoms with Gasteiger partial charge < -0.3 is 10.4 Å². The topological polar surface area (TPSA) is 66.4 Å². The minimum absolute atomic E-state index is 0.0402. The van der Waals surface area contributed by atoms with Gasteiger partial charge in [0.05, 0.1) is 6.54 Å². The van der Waals surface area contributed by atoms with Crippen molar-refractivity contribution >= 4 is 29.3 Å². The van der Waals surface area contributed by atoms with E-state index in [2.05, 4.69) is 5.32 Å². The molecule has 0 bridgehead atoms. The van der Waals surface area contributed by atoms with E-state index in [1.807, 2.05) is 18.4 Å². The van der Waals surface area contributed by atoms with Gasteiger partial charge in [-0.25, -0.2) is 4.79 Å².